The fourth-order valence-electron chi connectivity index (χ4n) is 1.27. The van der Waals surface area contributed by atoms with E-state index in [-0.39, 0.29) is 13.1 Å². The van der Waals surface area contributed by atoms with Gasteiger partial charge in [0.2, 0.25) is 5.91 Å². The monoisotopic (exact) mass is 273 g/mol. The lowest BCUT2D eigenvalue weighted by Gasteiger charge is -2.14. The lowest BCUT2D eigenvalue weighted by molar-refractivity contribution is -0.141. The maximum absolute atomic E-state index is 11.5. The van der Waals surface area contributed by atoms with E-state index in [4.69, 9.17) is 0 Å². The molecule has 0 aromatic heterocycles. The zero-order valence-electron chi connectivity index (χ0n) is 12.0. The van der Waals surface area contributed by atoms with Crippen LogP contribution < -0.4 is 10.6 Å². The van der Waals surface area contributed by atoms with Crippen molar-refractivity contribution >= 4 is 17.9 Å². The third kappa shape index (κ3) is 10.0. The first kappa shape index (κ1) is 17.4. The first-order chi connectivity index (χ1) is 8.85. The van der Waals surface area contributed by atoms with E-state index in [1.54, 1.807) is 7.05 Å². The Morgan fingerprint density at radius 3 is 2.37 bits per heavy atom. The SMILES string of the molecule is COC(=O)CN(C)CC(=O)NC(=O)NCCC(C)C. The summed E-state index contributed by atoms with van der Waals surface area (Å²) in [7, 11) is 2.87. The molecule has 0 aliphatic carbocycles. The molecule has 0 aliphatic rings. The van der Waals surface area contributed by atoms with Crippen LogP contribution in [0.4, 0.5) is 4.79 Å². The second-order valence-corrected chi connectivity index (χ2v) is 4.74. The molecule has 7 nitrogen and oxygen atoms in total. The fourth-order valence-corrected chi connectivity index (χ4v) is 1.27. The Balaban J connectivity index is 3.84. The van der Waals surface area contributed by atoms with E-state index in [0.29, 0.717) is 12.5 Å². The minimum absolute atomic E-state index is 0.00110. The summed E-state index contributed by atoms with van der Waals surface area (Å²) in [6.07, 6.45) is 0.851. The van der Waals surface area contributed by atoms with Crippen molar-refractivity contribution in [2.24, 2.45) is 5.92 Å². The highest BCUT2D eigenvalue weighted by molar-refractivity contribution is 5.95. The molecule has 0 aromatic rings. The molecule has 0 spiro atoms. The summed E-state index contributed by atoms with van der Waals surface area (Å²) in [6, 6.07) is -0.517. The highest BCUT2D eigenvalue weighted by Crippen LogP contribution is 1.95. The summed E-state index contributed by atoms with van der Waals surface area (Å²) < 4.78 is 4.47. The average molecular weight is 273 g/mol. The van der Waals surface area contributed by atoms with Crippen LogP contribution in [0.25, 0.3) is 0 Å². The van der Waals surface area contributed by atoms with Crippen LogP contribution in [0.5, 0.6) is 0 Å². The minimum Gasteiger partial charge on any atom is -0.468 e. The van der Waals surface area contributed by atoms with E-state index in [0.717, 1.165) is 6.42 Å². The van der Waals surface area contributed by atoms with Crippen molar-refractivity contribution in [3.63, 3.8) is 0 Å². The Bertz CT molecular complexity index is 318. The van der Waals surface area contributed by atoms with Crippen molar-refractivity contribution in [1.82, 2.24) is 15.5 Å². The Morgan fingerprint density at radius 1 is 1.21 bits per heavy atom. The van der Waals surface area contributed by atoms with Gasteiger partial charge in [-0.05, 0) is 19.4 Å². The maximum Gasteiger partial charge on any atom is 0.321 e. The van der Waals surface area contributed by atoms with Crippen LogP contribution in [-0.2, 0) is 14.3 Å². The van der Waals surface area contributed by atoms with Gasteiger partial charge in [0, 0.05) is 6.54 Å². The van der Waals surface area contributed by atoms with E-state index in [1.165, 1.54) is 12.0 Å². The van der Waals surface area contributed by atoms with Crippen LogP contribution in [-0.4, -0.2) is 56.6 Å². The van der Waals surface area contributed by atoms with Gasteiger partial charge in [-0.25, -0.2) is 4.79 Å². The predicted octanol–water partition coefficient (Wildman–Crippen LogP) is -0.0369. The number of hydrogen-bond donors (Lipinski definition) is 2. The Hall–Kier alpha value is -1.63. The van der Waals surface area contributed by atoms with Crippen LogP contribution in [0.3, 0.4) is 0 Å². The predicted molar refractivity (Wildman–Crippen MR) is 70.5 cm³/mol. The van der Waals surface area contributed by atoms with Crippen molar-refractivity contribution in [2.75, 3.05) is 33.8 Å². The van der Waals surface area contributed by atoms with Gasteiger partial charge in [-0.3, -0.25) is 19.8 Å². The van der Waals surface area contributed by atoms with E-state index in [1.807, 2.05) is 13.8 Å². The van der Waals surface area contributed by atoms with Gasteiger partial charge in [-0.15, -0.1) is 0 Å². The molecule has 7 heteroatoms. The van der Waals surface area contributed by atoms with Crippen molar-refractivity contribution in [3.8, 4) is 0 Å². The molecule has 0 aromatic carbocycles. The van der Waals surface area contributed by atoms with Crippen LogP contribution in [0, 0.1) is 5.92 Å². The van der Waals surface area contributed by atoms with Crippen molar-refractivity contribution in [3.05, 3.63) is 0 Å². The average Bonchev–Trinajstić information content (AvgIpc) is 2.27. The van der Waals surface area contributed by atoms with Crippen molar-refractivity contribution in [2.45, 2.75) is 20.3 Å². The molecule has 0 rings (SSSR count). The number of nitrogens with zero attached hydrogens (tertiary/aromatic N) is 1. The van der Waals surface area contributed by atoms with Gasteiger partial charge in [-0.2, -0.15) is 0 Å². The summed E-state index contributed by atoms with van der Waals surface area (Å²) in [5.74, 6) is -0.410. The van der Waals surface area contributed by atoms with Crippen LogP contribution >= 0.6 is 0 Å². The molecular formula is C12H23N3O4. The second-order valence-electron chi connectivity index (χ2n) is 4.74. The molecule has 0 bridgehead atoms. The number of amides is 3. The first-order valence-corrected chi connectivity index (χ1v) is 6.18. The Morgan fingerprint density at radius 2 is 1.84 bits per heavy atom. The zero-order chi connectivity index (χ0) is 14.8. The quantitative estimate of drug-likeness (QED) is 0.636. The largest absolute Gasteiger partial charge is 0.468 e. The van der Waals surface area contributed by atoms with Gasteiger partial charge in [0.05, 0.1) is 20.2 Å². The number of nitrogens with one attached hydrogen (secondary N) is 2. The van der Waals surface area contributed by atoms with Crippen LogP contribution in [0.1, 0.15) is 20.3 Å². The number of carbonyl (C=O) groups is 3. The number of imide groups is 1. The molecule has 0 aliphatic heterocycles. The van der Waals surface area contributed by atoms with E-state index < -0.39 is 17.9 Å². The van der Waals surface area contributed by atoms with Gasteiger partial charge < -0.3 is 10.1 Å². The summed E-state index contributed by atoms with van der Waals surface area (Å²) in [4.78, 5) is 35.2. The molecule has 0 atom stereocenters. The van der Waals surface area contributed by atoms with Gasteiger partial charge in [0.15, 0.2) is 0 Å². The van der Waals surface area contributed by atoms with Crippen LogP contribution in [0.15, 0.2) is 0 Å². The lowest BCUT2D eigenvalue weighted by atomic mass is 10.1. The molecule has 0 heterocycles. The molecule has 3 amide bonds. The molecule has 110 valence electrons. The summed E-state index contributed by atoms with van der Waals surface area (Å²) in [6.45, 7) is 4.57. The molecule has 0 radical (unpaired) electrons. The van der Waals surface area contributed by atoms with E-state index in [9.17, 15) is 14.4 Å². The number of likely N-dealkylation sites (N-methyl/N-ethyl adjacent to an activating group) is 1. The highest BCUT2D eigenvalue weighted by atomic mass is 16.5. The molecule has 0 saturated carbocycles. The summed E-state index contributed by atoms with van der Waals surface area (Å²) >= 11 is 0. The number of carbonyl (C=O) groups excluding carboxylic acids is 3. The Kier molecular flexibility index (Phi) is 8.52. The number of hydrogen-bond acceptors (Lipinski definition) is 5. The van der Waals surface area contributed by atoms with Crippen molar-refractivity contribution < 1.29 is 19.1 Å². The number of esters is 1. The van der Waals surface area contributed by atoms with Gasteiger partial charge >= 0.3 is 12.0 Å². The second kappa shape index (κ2) is 9.32. The van der Waals surface area contributed by atoms with Crippen LogP contribution in [0.2, 0.25) is 0 Å². The zero-order valence-corrected chi connectivity index (χ0v) is 12.0. The normalized spacial score (nSPS) is 10.4. The van der Waals surface area contributed by atoms with Crippen molar-refractivity contribution in [1.29, 1.82) is 0 Å². The minimum atomic E-state index is -0.517. The molecule has 0 fully saturated rings. The molecule has 2 N–H and O–H groups in total. The summed E-state index contributed by atoms with van der Waals surface area (Å²) in [5, 5.41) is 4.78. The third-order valence-electron chi connectivity index (χ3n) is 2.30. The van der Waals surface area contributed by atoms with E-state index in [2.05, 4.69) is 15.4 Å². The lowest BCUT2D eigenvalue weighted by Crippen LogP contribution is -2.45. The Labute approximate surface area is 113 Å². The maximum atomic E-state index is 11.5. The molecule has 19 heavy (non-hydrogen) atoms. The van der Waals surface area contributed by atoms with Gasteiger partial charge in [0.1, 0.15) is 0 Å². The number of methoxy groups -OCH3 is 1. The molecule has 0 unspecified atom stereocenters. The summed E-state index contributed by atoms with van der Waals surface area (Å²) in [5.41, 5.74) is 0. The van der Waals surface area contributed by atoms with Gasteiger partial charge in [-0.1, -0.05) is 13.8 Å². The number of rotatable bonds is 7. The fraction of sp³-hybridized carbons (Fsp3) is 0.750. The van der Waals surface area contributed by atoms with E-state index >= 15 is 0 Å². The molecular weight excluding hydrogens is 250 g/mol. The van der Waals surface area contributed by atoms with Gasteiger partial charge in [0.25, 0.3) is 0 Å². The topological polar surface area (TPSA) is 87.7 Å². The smallest absolute Gasteiger partial charge is 0.321 e. The third-order valence-corrected chi connectivity index (χ3v) is 2.30. The number of ether oxygens (including phenoxy) is 1. The number of urea groups is 1. The first-order valence-electron chi connectivity index (χ1n) is 6.18. The standard InChI is InChI=1S/C12H23N3O4/c1-9(2)5-6-13-12(18)14-10(16)7-15(3)8-11(17)19-4/h9H,5-8H2,1-4H3,(H2,13,14,16,18). The molecule has 0 saturated heterocycles. The highest BCUT2D eigenvalue weighted by Gasteiger charge is 2.12.